The van der Waals surface area contributed by atoms with E-state index in [0.717, 1.165) is 44.3 Å². The van der Waals surface area contributed by atoms with Crippen LogP contribution in [0.2, 0.25) is 0 Å². The van der Waals surface area contributed by atoms with E-state index in [0.29, 0.717) is 12.5 Å². The van der Waals surface area contributed by atoms with Crippen LogP contribution in [0.1, 0.15) is 12.0 Å². The summed E-state index contributed by atoms with van der Waals surface area (Å²) in [5.74, 6) is -0.564. The normalized spacial score (nSPS) is 18.5. The minimum atomic E-state index is -0.561. The first kappa shape index (κ1) is 17.4. The third-order valence-corrected chi connectivity index (χ3v) is 4.33. The number of anilines is 1. The summed E-state index contributed by atoms with van der Waals surface area (Å²) in [4.78, 5) is 6.68. The van der Waals surface area contributed by atoms with E-state index in [1.54, 1.807) is 0 Å². The highest BCUT2D eigenvalue weighted by Crippen LogP contribution is 2.19. The molecular formula is C19H22F2N4. The average molecular weight is 344 g/mol. The number of nitrogens with two attached hydrogens (primary N) is 1. The third kappa shape index (κ3) is 5.00. The lowest BCUT2D eigenvalue weighted by molar-refractivity contribution is 0.318. The Kier molecular flexibility index (Phi) is 5.60. The van der Waals surface area contributed by atoms with Crippen molar-refractivity contribution in [3.63, 3.8) is 0 Å². The van der Waals surface area contributed by atoms with Gasteiger partial charge in [-0.3, -0.25) is 9.89 Å². The van der Waals surface area contributed by atoms with Crippen LogP contribution in [-0.2, 0) is 6.54 Å². The third-order valence-electron chi connectivity index (χ3n) is 4.33. The van der Waals surface area contributed by atoms with Crippen molar-refractivity contribution >= 4 is 11.6 Å². The summed E-state index contributed by atoms with van der Waals surface area (Å²) in [5, 5.41) is 2.63. The zero-order chi connectivity index (χ0) is 17.6. The summed E-state index contributed by atoms with van der Waals surface area (Å²) in [6.45, 7) is 3.49. The predicted octanol–water partition coefficient (Wildman–Crippen LogP) is 3.21. The average Bonchev–Trinajstić information content (AvgIpc) is 3.05. The second-order valence-electron chi connectivity index (χ2n) is 6.35. The van der Waals surface area contributed by atoms with Crippen LogP contribution in [0.4, 0.5) is 14.5 Å². The molecule has 0 amide bonds. The van der Waals surface area contributed by atoms with Crippen LogP contribution < -0.4 is 11.1 Å². The molecule has 1 aliphatic heterocycles. The van der Waals surface area contributed by atoms with E-state index in [4.69, 9.17) is 5.73 Å². The topological polar surface area (TPSA) is 53.6 Å². The second-order valence-corrected chi connectivity index (χ2v) is 6.35. The Morgan fingerprint density at radius 1 is 1.20 bits per heavy atom. The van der Waals surface area contributed by atoms with Gasteiger partial charge in [-0.05, 0) is 36.6 Å². The maximum absolute atomic E-state index is 13.6. The molecule has 0 aromatic heterocycles. The van der Waals surface area contributed by atoms with Gasteiger partial charge in [-0.2, -0.15) is 0 Å². The Labute approximate surface area is 146 Å². The number of hydrogen-bond acceptors (Lipinski definition) is 2. The summed E-state index contributed by atoms with van der Waals surface area (Å²) >= 11 is 0. The number of hydrogen-bond donors (Lipinski definition) is 2. The summed E-state index contributed by atoms with van der Waals surface area (Å²) in [6, 6.07) is 13.5. The highest BCUT2D eigenvalue weighted by Gasteiger charge is 2.22. The van der Waals surface area contributed by atoms with Gasteiger partial charge < -0.3 is 11.1 Å². The number of aliphatic imine (C=N–C) groups is 1. The van der Waals surface area contributed by atoms with E-state index in [1.807, 2.05) is 18.2 Å². The number of likely N-dealkylation sites (tertiary alicyclic amines) is 1. The van der Waals surface area contributed by atoms with Crippen LogP contribution in [0.15, 0.2) is 53.5 Å². The maximum Gasteiger partial charge on any atom is 0.193 e. The molecule has 3 rings (SSSR count). The minimum absolute atomic E-state index is 0.00150. The van der Waals surface area contributed by atoms with Crippen LogP contribution >= 0.6 is 0 Å². The Morgan fingerprint density at radius 3 is 2.80 bits per heavy atom. The Balaban J connectivity index is 1.49. The summed E-state index contributed by atoms with van der Waals surface area (Å²) < 4.78 is 26.7. The van der Waals surface area contributed by atoms with Gasteiger partial charge in [-0.15, -0.1) is 0 Å². The minimum Gasteiger partial charge on any atom is -0.370 e. The fraction of sp³-hybridized carbons (Fsp3) is 0.316. The largest absolute Gasteiger partial charge is 0.370 e. The number of rotatable bonds is 5. The lowest BCUT2D eigenvalue weighted by atomic mass is 10.1. The van der Waals surface area contributed by atoms with Gasteiger partial charge in [-0.1, -0.05) is 30.3 Å². The number of nitrogens with zero attached hydrogens (tertiary/aromatic N) is 2. The highest BCUT2D eigenvalue weighted by atomic mass is 19.1. The van der Waals surface area contributed by atoms with Gasteiger partial charge in [0.2, 0.25) is 0 Å². The van der Waals surface area contributed by atoms with Gasteiger partial charge in [0.25, 0.3) is 0 Å². The fourth-order valence-corrected chi connectivity index (χ4v) is 3.05. The molecule has 4 nitrogen and oxygen atoms in total. The molecule has 132 valence electrons. The molecule has 0 saturated carbocycles. The maximum atomic E-state index is 13.6. The first-order valence-electron chi connectivity index (χ1n) is 8.38. The molecule has 1 atom stereocenters. The molecule has 2 aromatic carbocycles. The lowest BCUT2D eigenvalue weighted by Gasteiger charge is -2.15. The van der Waals surface area contributed by atoms with Crippen molar-refractivity contribution in [2.24, 2.45) is 16.6 Å². The van der Waals surface area contributed by atoms with E-state index >= 15 is 0 Å². The molecule has 6 heteroatoms. The van der Waals surface area contributed by atoms with Gasteiger partial charge in [0.05, 0.1) is 5.69 Å². The smallest absolute Gasteiger partial charge is 0.193 e. The number of halogens is 2. The number of nitrogens with one attached hydrogen (secondary N) is 1. The predicted molar refractivity (Wildman–Crippen MR) is 96.3 cm³/mol. The molecule has 0 radical (unpaired) electrons. The summed E-state index contributed by atoms with van der Waals surface area (Å²) in [6.07, 6.45) is 1.05. The van der Waals surface area contributed by atoms with Crippen molar-refractivity contribution in [1.82, 2.24) is 4.90 Å². The molecule has 1 saturated heterocycles. The molecule has 1 unspecified atom stereocenters. The van der Waals surface area contributed by atoms with Crippen LogP contribution in [-0.4, -0.2) is 30.5 Å². The van der Waals surface area contributed by atoms with E-state index in [-0.39, 0.29) is 11.6 Å². The molecule has 0 spiro atoms. The first-order chi connectivity index (χ1) is 12.1. The molecule has 1 heterocycles. The van der Waals surface area contributed by atoms with Crippen molar-refractivity contribution in [3.8, 4) is 0 Å². The molecule has 0 aliphatic carbocycles. The van der Waals surface area contributed by atoms with E-state index in [9.17, 15) is 8.78 Å². The van der Waals surface area contributed by atoms with Gasteiger partial charge in [-0.25, -0.2) is 8.78 Å². The Morgan fingerprint density at radius 2 is 2.00 bits per heavy atom. The second kappa shape index (κ2) is 8.07. The molecule has 0 bridgehead atoms. The van der Waals surface area contributed by atoms with Gasteiger partial charge >= 0.3 is 0 Å². The van der Waals surface area contributed by atoms with Crippen molar-refractivity contribution < 1.29 is 8.78 Å². The van der Waals surface area contributed by atoms with Crippen LogP contribution in [0.25, 0.3) is 0 Å². The fourth-order valence-electron chi connectivity index (χ4n) is 3.05. The van der Waals surface area contributed by atoms with Crippen LogP contribution in [0.3, 0.4) is 0 Å². The molecule has 25 heavy (non-hydrogen) atoms. The van der Waals surface area contributed by atoms with Crippen molar-refractivity contribution in [2.75, 3.05) is 25.0 Å². The van der Waals surface area contributed by atoms with Gasteiger partial charge in [0, 0.05) is 25.7 Å². The molecular weight excluding hydrogens is 322 g/mol. The van der Waals surface area contributed by atoms with Crippen molar-refractivity contribution in [2.45, 2.75) is 13.0 Å². The standard InChI is InChI=1S/C19H22F2N4/c20-16-6-7-17(21)18(10-16)24-19(22)23-11-15-8-9-25(13-15)12-14-4-2-1-3-5-14/h1-7,10,15H,8-9,11-13H2,(H3,22,23,24). The molecule has 1 aliphatic rings. The first-order valence-corrected chi connectivity index (χ1v) is 8.38. The van der Waals surface area contributed by atoms with E-state index in [1.165, 1.54) is 5.56 Å². The van der Waals surface area contributed by atoms with E-state index < -0.39 is 11.6 Å². The highest BCUT2D eigenvalue weighted by molar-refractivity contribution is 5.92. The van der Waals surface area contributed by atoms with E-state index in [2.05, 4.69) is 27.3 Å². The monoisotopic (exact) mass is 344 g/mol. The Bertz CT molecular complexity index is 733. The summed E-state index contributed by atoms with van der Waals surface area (Å²) in [5.41, 5.74) is 7.10. The summed E-state index contributed by atoms with van der Waals surface area (Å²) in [7, 11) is 0. The van der Waals surface area contributed by atoms with Gasteiger partial charge in [0.15, 0.2) is 5.96 Å². The van der Waals surface area contributed by atoms with Crippen LogP contribution in [0, 0.1) is 17.6 Å². The molecule has 3 N–H and O–H groups in total. The quantitative estimate of drug-likeness (QED) is 0.647. The van der Waals surface area contributed by atoms with Gasteiger partial charge in [0.1, 0.15) is 11.6 Å². The number of guanidine groups is 1. The zero-order valence-electron chi connectivity index (χ0n) is 14.0. The molecule has 1 fully saturated rings. The van der Waals surface area contributed by atoms with Crippen LogP contribution in [0.5, 0.6) is 0 Å². The Hall–Kier alpha value is -2.47. The zero-order valence-corrected chi connectivity index (χ0v) is 14.0. The van der Waals surface area contributed by atoms with Crippen molar-refractivity contribution in [3.05, 3.63) is 65.7 Å². The number of benzene rings is 2. The SMILES string of the molecule is NC(=NCC1CCN(Cc2ccccc2)C1)Nc1cc(F)ccc1F. The van der Waals surface area contributed by atoms with Crippen molar-refractivity contribution in [1.29, 1.82) is 0 Å². The molecule has 2 aromatic rings. The lowest BCUT2D eigenvalue weighted by Crippen LogP contribution is -2.25.